The van der Waals surface area contributed by atoms with Crippen LogP contribution in [0.2, 0.25) is 0 Å². The summed E-state index contributed by atoms with van der Waals surface area (Å²) in [6.45, 7) is 5.89. The molecule has 1 amide bonds. The molecule has 0 bridgehead atoms. The van der Waals surface area contributed by atoms with Gasteiger partial charge in [-0.05, 0) is 19.3 Å². The molecule has 0 saturated heterocycles. The topological polar surface area (TPSA) is 52.9 Å². The van der Waals surface area contributed by atoms with Gasteiger partial charge in [0.25, 0.3) is 0 Å². The average Bonchev–Trinajstić information content (AvgIpc) is 2.32. The van der Waals surface area contributed by atoms with Crippen LogP contribution in [0.1, 0.15) is 72.1 Å². The van der Waals surface area contributed by atoms with Crippen molar-refractivity contribution >= 4 is 5.91 Å². The van der Waals surface area contributed by atoms with Crippen LogP contribution in [0.3, 0.4) is 0 Å². The van der Waals surface area contributed by atoms with Crippen LogP contribution in [0.4, 0.5) is 0 Å². The molecule has 0 aromatic carbocycles. The van der Waals surface area contributed by atoms with Crippen molar-refractivity contribution in [2.75, 3.05) is 0 Å². The minimum Gasteiger partial charge on any atom is -0.337 e. The van der Waals surface area contributed by atoms with Gasteiger partial charge in [0.15, 0.2) is 0 Å². The molecule has 0 aliphatic heterocycles. The third-order valence-electron chi connectivity index (χ3n) is 4.27. The fourth-order valence-electron chi connectivity index (χ4n) is 2.32. The molecule has 1 aliphatic rings. The van der Waals surface area contributed by atoms with E-state index < -0.39 is 5.54 Å². The average molecular weight is 250 g/mol. The number of rotatable bonds is 3. The van der Waals surface area contributed by atoms with Crippen molar-refractivity contribution in [3.8, 4) is 6.07 Å². The Bertz CT molecular complexity index is 320. The van der Waals surface area contributed by atoms with Crippen LogP contribution in [0, 0.1) is 16.7 Å². The van der Waals surface area contributed by atoms with Gasteiger partial charge < -0.3 is 5.32 Å². The smallest absolute Gasteiger partial charge is 0.226 e. The Hall–Kier alpha value is -1.04. The highest BCUT2D eigenvalue weighted by molar-refractivity contribution is 5.82. The Balaban J connectivity index is 2.75. The van der Waals surface area contributed by atoms with Gasteiger partial charge in [-0.15, -0.1) is 0 Å². The second-order valence-electron chi connectivity index (χ2n) is 6.15. The molecular formula is C15H26N2O. The fourth-order valence-corrected chi connectivity index (χ4v) is 2.32. The largest absolute Gasteiger partial charge is 0.337 e. The maximum atomic E-state index is 12.3. The molecule has 3 nitrogen and oxygen atoms in total. The van der Waals surface area contributed by atoms with Crippen molar-refractivity contribution < 1.29 is 4.79 Å². The maximum absolute atomic E-state index is 12.3. The van der Waals surface area contributed by atoms with Gasteiger partial charge in [0.2, 0.25) is 5.91 Å². The first-order valence-electron chi connectivity index (χ1n) is 7.20. The SMILES string of the molecule is CCC(C)(C)C(=O)NC1(C#N)CCCCCCC1. The van der Waals surface area contributed by atoms with Gasteiger partial charge in [-0.3, -0.25) is 4.79 Å². The highest BCUT2D eigenvalue weighted by Crippen LogP contribution is 2.28. The van der Waals surface area contributed by atoms with Crippen molar-refractivity contribution in [3.63, 3.8) is 0 Å². The first kappa shape index (κ1) is 15.0. The minimum atomic E-state index is -0.621. The zero-order valence-electron chi connectivity index (χ0n) is 12.0. The van der Waals surface area contributed by atoms with Crippen LogP contribution >= 0.6 is 0 Å². The van der Waals surface area contributed by atoms with E-state index in [4.69, 9.17) is 0 Å². The Morgan fingerprint density at radius 1 is 1.22 bits per heavy atom. The predicted octanol–water partition coefficient (Wildman–Crippen LogP) is 3.55. The number of carbonyl (C=O) groups is 1. The second-order valence-corrected chi connectivity index (χ2v) is 6.15. The molecule has 3 heteroatoms. The lowest BCUT2D eigenvalue weighted by atomic mass is 9.82. The summed E-state index contributed by atoms with van der Waals surface area (Å²) in [4.78, 5) is 12.3. The number of nitrogens with zero attached hydrogens (tertiary/aromatic N) is 1. The second kappa shape index (κ2) is 6.22. The monoisotopic (exact) mass is 250 g/mol. The van der Waals surface area contributed by atoms with Gasteiger partial charge in [-0.2, -0.15) is 5.26 Å². The standard InChI is InChI=1S/C15H26N2O/c1-4-14(2,3)13(18)17-15(12-16)10-8-6-5-7-9-11-15/h4-11H2,1-3H3,(H,17,18). The van der Waals surface area contributed by atoms with Gasteiger partial charge >= 0.3 is 0 Å². The van der Waals surface area contributed by atoms with E-state index in [1.807, 2.05) is 20.8 Å². The predicted molar refractivity (Wildman–Crippen MR) is 72.9 cm³/mol. The molecule has 1 N–H and O–H groups in total. The Kier molecular flexibility index (Phi) is 5.19. The summed E-state index contributed by atoms with van der Waals surface area (Å²) < 4.78 is 0. The number of hydrogen-bond acceptors (Lipinski definition) is 2. The lowest BCUT2D eigenvalue weighted by Crippen LogP contribution is -2.51. The quantitative estimate of drug-likeness (QED) is 0.832. The summed E-state index contributed by atoms with van der Waals surface area (Å²) in [5, 5.41) is 12.5. The summed E-state index contributed by atoms with van der Waals surface area (Å²) in [5.41, 5.74) is -1.00. The molecule has 1 saturated carbocycles. The third kappa shape index (κ3) is 3.73. The van der Waals surface area contributed by atoms with E-state index in [1.165, 1.54) is 19.3 Å². The molecule has 18 heavy (non-hydrogen) atoms. The van der Waals surface area contributed by atoms with E-state index in [-0.39, 0.29) is 11.3 Å². The van der Waals surface area contributed by atoms with E-state index in [0.717, 1.165) is 32.1 Å². The van der Waals surface area contributed by atoms with E-state index in [1.54, 1.807) is 0 Å². The summed E-state index contributed by atoms with van der Waals surface area (Å²) in [6, 6.07) is 2.38. The molecule has 1 fully saturated rings. The number of hydrogen-bond donors (Lipinski definition) is 1. The number of carbonyl (C=O) groups excluding carboxylic acids is 1. The number of amides is 1. The van der Waals surface area contributed by atoms with Gasteiger partial charge in [0.05, 0.1) is 6.07 Å². The number of nitrogens with one attached hydrogen (secondary N) is 1. The molecule has 0 spiro atoms. The lowest BCUT2D eigenvalue weighted by Gasteiger charge is -2.33. The first-order chi connectivity index (χ1) is 8.46. The molecule has 0 unspecified atom stereocenters. The molecule has 1 aliphatic carbocycles. The Morgan fingerprint density at radius 2 is 1.72 bits per heavy atom. The molecule has 0 atom stereocenters. The van der Waals surface area contributed by atoms with Crippen LogP contribution < -0.4 is 5.32 Å². The zero-order chi connectivity index (χ0) is 13.6. The van der Waals surface area contributed by atoms with Gasteiger partial charge in [0, 0.05) is 5.41 Å². The Morgan fingerprint density at radius 3 is 2.17 bits per heavy atom. The van der Waals surface area contributed by atoms with E-state index in [2.05, 4.69) is 11.4 Å². The summed E-state index contributed by atoms with van der Waals surface area (Å²) >= 11 is 0. The van der Waals surface area contributed by atoms with Crippen LogP contribution in [-0.4, -0.2) is 11.4 Å². The van der Waals surface area contributed by atoms with E-state index >= 15 is 0 Å². The fraction of sp³-hybridized carbons (Fsp3) is 0.867. The van der Waals surface area contributed by atoms with Gasteiger partial charge in [-0.1, -0.05) is 52.9 Å². The molecular weight excluding hydrogens is 224 g/mol. The van der Waals surface area contributed by atoms with Crippen molar-refractivity contribution in [2.24, 2.45) is 5.41 Å². The molecule has 0 aromatic heterocycles. The van der Waals surface area contributed by atoms with Crippen molar-refractivity contribution in [3.05, 3.63) is 0 Å². The van der Waals surface area contributed by atoms with Crippen LogP contribution in [0.25, 0.3) is 0 Å². The lowest BCUT2D eigenvalue weighted by molar-refractivity contribution is -0.131. The highest BCUT2D eigenvalue weighted by atomic mass is 16.2. The third-order valence-corrected chi connectivity index (χ3v) is 4.27. The normalized spacial score (nSPS) is 20.3. The molecule has 0 radical (unpaired) electrons. The van der Waals surface area contributed by atoms with Crippen molar-refractivity contribution in [1.82, 2.24) is 5.32 Å². The van der Waals surface area contributed by atoms with Crippen LogP contribution in [-0.2, 0) is 4.79 Å². The minimum absolute atomic E-state index is 0.0205. The van der Waals surface area contributed by atoms with Crippen molar-refractivity contribution in [1.29, 1.82) is 5.26 Å². The zero-order valence-corrected chi connectivity index (χ0v) is 12.0. The molecule has 0 heterocycles. The van der Waals surface area contributed by atoms with Gasteiger partial charge in [-0.25, -0.2) is 0 Å². The first-order valence-corrected chi connectivity index (χ1v) is 7.20. The molecule has 1 rings (SSSR count). The highest BCUT2D eigenvalue weighted by Gasteiger charge is 2.36. The van der Waals surface area contributed by atoms with Crippen LogP contribution in [0.15, 0.2) is 0 Å². The Labute approximate surface area is 111 Å². The van der Waals surface area contributed by atoms with Gasteiger partial charge in [0.1, 0.15) is 5.54 Å². The van der Waals surface area contributed by atoms with Crippen LogP contribution in [0.5, 0.6) is 0 Å². The maximum Gasteiger partial charge on any atom is 0.226 e. The number of nitriles is 1. The summed E-state index contributed by atoms with van der Waals surface area (Å²) in [5.74, 6) is 0.0205. The molecule has 0 aromatic rings. The summed E-state index contributed by atoms with van der Waals surface area (Å²) in [7, 11) is 0. The van der Waals surface area contributed by atoms with Crippen molar-refractivity contribution in [2.45, 2.75) is 77.7 Å². The summed E-state index contributed by atoms with van der Waals surface area (Å²) in [6.07, 6.45) is 8.09. The van der Waals surface area contributed by atoms with E-state index in [9.17, 15) is 10.1 Å². The molecule has 102 valence electrons. The van der Waals surface area contributed by atoms with E-state index in [0.29, 0.717) is 0 Å².